The van der Waals surface area contributed by atoms with Crippen LogP contribution in [0.3, 0.4) is 0 Å². The third-order valence-corrected chi connectivity index (χ3v) is 1.77. The molecular weight excluding hydrogens is 187 g/mol. The molecule has 14 heavy (non-hydrogen) atoms. The molecule has 0 aliphatic rings. The highest BCUT2D eigenvalue weighted by Gasteiger charge is 2.10. The Morgan fingerprint density at radius 2 is 2.29 bits per heavy atom. The van der Waals surface area contributed by atoms with Crippen molar-refractivity contribution in [1.82, 2.24) is 10.1 Å². The molecular formula is C9H7FN2O2. The van der Waals surface area contributed by atoms with E-state index in [0.29, 0.717) is 17.1 Å². The molecule has 0 radical (unpaired) electrons. The maximum Gasteiger partial charge on any atom is 0.214 e. The Labute approximate surface area is 79.3 Å². The second-order valence-electron chi connectivity index (χ2n) is 2.60. The first-order valence-electron chi connectivity index (χ1n) is 3.91. The van der Waals surface area contributed by atoms with Crippen LogP contribution in [0.25, 0.3) is 11.4 Å². The molecule has 5 heteroatoms. The normalized spacial score (nSPS) is 10.1. The Morgan fingerprint density at radius 1 is 1.43 bits per heavy atom. The number of hydrogen-bond donors (Lipinski definition) is 0. The van der Waals surface area contributed by atoms with Gasteiger partial charge in [0.1, 0.15) is 11.6 Å². The average Bonchev–Trinajstić information content (AvgIpc) is 2.70. The molecule has 1 heterocycles. The van der Waals surface area contributed by atoms with Gasteiger partial charge in [0.15, 0.2) is 0 Å². The summed E-state index contributed by atoms with van der Waals surface area (Å²) in [6.45, 7) is 0. The zero-order valence-electron chi connectivity index (χ0n) is 7.40. The molecule has 4 nitrogen and oxygen atoms in total. The number of rotatable bonds is 2. The van der Waals surface area contributed by atoms with Gasteiger partial charge in [0.05, 0.1) is 12.7 Å². The predicted molar refractivity (Wildman–Crippen MR) is 46.2 cm³/mol. The van der Waals surface area contributed by atoms with Gasteiger partial charge in [-0.3, -0.25) is 0 Å². The fourth-order valence-electron chi connectivity index (χ4n) is 1.14. The summed E-state index contributed by atoms with van der Waals surface area (Å²) in [5, 5.41) is 3.64. The van der Waals surface area contributed by atoms with Gasteiger partial charge in [0.25, 0.3) is 0 Å². The van der Waals surface area contributed by atoms with E-state index in [-0.39, 0.29) is 5.82 Å². The summed E-state index contributed by atoms with van der Waals surface area (Å²) >= 11 is 0. The molecule has 0 aliphatic heterocycles. The van der Waals surface area contributed by atoms with Crippen molar-refractivity contribution in [3.8, 4) is 17.1 Å². The van der Waals surface area contributed by atoms with E-state index < -0.39 is 0 Å². The molecule has 0 amide bonds. The quantitative estimate of drug-likeness (QED) is 0.732. The summed E-state index contributed by atoms with van der Waals surface area (Å²) in [6.07, 6.45) is 1.21. The van der Waals surface area contributed by atoms with Crippen LogP contribution in [0, 0.1) is 5.82 Å². The highest BCUT2D eigenvalue weighted by atomic mass is 19.1. The maximum absolute atomic E-state index is 12.8. The summed E-state index contributed by atoms with van der Waals surface area (Å²) in [7, 11) is 1.46. The standard InChI is InChI=1S/C9H7FN2O2/c1-13-8-4-6(10)2-3-7(8)9-11-5-14-12-9/h2-5H,1H3. The van der Waals surface area contributed by atoms with E-state index in [1.807, 2.05) is 0 Å². The van der Waals surface area contributed by atoms with Gasteiger partial charge in [0, 0.05) is 6.07 Å². The molecule has 0 saturated carbocycles. The lowest BCUT2D eigenvalue weighted by atomic mass is 10.2. The zero-order valence-corrected chi connectivity index (χ0v) is 7.40. The van der Waals surface area contributed by atoms with Crippen molar-refractivity contribution in [2.45, 2.75) is 0 Å². The summed E-state index contributed by atoms with van der Waals surface area (Å²) in [6, 6.07) is 4.12. The second-order valence-corrected chi connectivity index (χ2v) is 2.60. The molecule has 0 unspecified atom stereocenters. The third-order valence-electron chi connectivity index (χ3n) is 1.77. The van der Waals surface area contributed by atoms with Crippen LogP contribution in [0.2, 0.25) is 0 Å². The summed E-state index contributed by atoms with van der Waals surface area (Å²) in [4.78, 5) is 3.84. The van der Waals surface area contributed by atoms with E-state index in [2.05, 4.69) is 14.7 Å². The molecule has 0 saturated heterocycles. The van der Waals surface area contributed by atoms with Gasteiger partial charge in [0.2, 0.25) is 12.2 Å². The SMILES string of the molecule is COc1cc(F)ccc1-c1ncon1. The maximum atomic E-state index is 12.8. The Kier molecular flexibility index (Phi) is 2.14. The Balaban J connectivity index is 2.53. The van der Waals surface area contributed by atoms with Crippen molar-refractivity contribution in [1.29, 1.82) is 0 Å². The molecule has 72 valence electrons. The van der Waals surface area contributed by atoms with Crippen LogP contribution in [0.1, 0.15) is 0 Å². The zero-order chi connectivity index (χ0) is 9.97. The van der Waals surface area contributed by atoms with Gasteiger partial charge in [-0.15, -0.1) is 0 Å². The van der Waals surface area contributed by atoms with Crippen molar-refractivity contribution in [2.75, 3.05) is 7.11 Å². The van der Waals surface area contributed by atoms with Crippen LogP contribution < -0.4 is 4.74 Å². The Bertz CT molecular complexity index is 428. The number of aromatic nitrogens is 2. The van der Waals surface area contributed by atoms with Crippen LogP contribution >= 0.6 is 0 Å². The van der Waals surface area contributed by atoms with Gasteiger partial charge in [-0.2, -0.15) is 4.98 Å². The summed E-state index contributed by atoms with van der Waals surface area (Å²) in [5.41, 5.74) is 0.600. The van der Waals surface area contributed by atoms with E-state index in [1.165, 1.54) is 25.6 Å². The molecule has 0 atom stereocenters. The lowest BCUT2D eigenvalue weighted by molar-refractivity contribution is 0.408. The fraction of sp³-hybridized carbons (Fsp3) is 0.111. The van der Waals surface area contributed by atoms with Gasteiger partial charge >= 0.3 is 0 Å². The van der Waals surface area contributed by atoms with E-state index in [0.717, 1.165) is 0 Å². The smallest absolute Gasteiger partial charge is 0.214 e. The highest BCUT2D eigenvalue weighted by Crippen LogP contribution is 2.27. The number of benzene rings is 1. The predicted octanol–water partition coefficient (Wildman–Crippen LogP) is 1.88. The van der Waals surface area contributed by atoms with Gasteiger partial charge < -0.3 is 9.26 Å². The molecule has 0 N–H and O–H groups in total. The first kappa shape index (κ1) is 8.68. The van der Waals surface area contributed by atoms with E-state index in [4.69, 9.17) is 4.74 Å². The molecule has 0 spiro atoms. The molecule has 2 aromatic rings. The highest BCUT2D eigenvalue weighted by molar-refractivity contribution is 5.63. The van der Waals surface area contributed by atoms with Crippen molar-refractivity contribution >= 4 is 0 Å². The molecule has 2 rings (SSSR count). The number of ether oxygens (including phenoxy) is 1. The minimum Gasteiger partial charge on any atom is -0.496 e. The third kappa shape index (κ3) is 1.44. The van der Waals surface area contributed by atoms with Crippen LogP contribution in [-0.4, -0.2) is 17.3 Å². The van der Waals surface area contributed by atoms with Crippen LogP contribution in [0.4, 0.5) is 4.39 Å². The van der Waals surface area contributed by atoms with Crippen LogP contribution in [0.15, 0.2) is 29.1 Å². The van der Waals surface area contributed by atoms with Crippen molar-refractivity contribution in [3.63, 3.8) is 0 Å². The van der Waals surface area contributed by atoms with Crippen LogP contribution in [0.5, 0.6) is 5.75 Å². The molecule has 0 aliphatic carbocycles. The van der Waals surface area contributed by atoms with Gasteiger partial charge in [-0.1, -0.05) is 5.16 Å². The second kappa shape index (κ2) is 3.45. The first-order valence-corrected chi connectivity index (χ1v) is 3.91. The van der Waals surface area contributed by atoms with Crippen molar-refractivity contribution < 1.29 is 13.7 Å². The van der Waals surface area contributed by atoms with E-state index in [1.54, 1.807) is 6.07 Å². The monoisotopic (exact) mass is 194 g/mol. The van der Waals surface area contributed by atoms with Crippen molar-refractivity contribution in [3.05, 3.63) is 30.4 Å². The molecule has 0 bridgehead atoms. The van der Waals surface area contributed by atoms with E-state index >= 15 is 0 Å². The van der Waals surface area contributed by atoms with Crippen LogP contribution in [-0.2, 0) is 0 Å². The number of hydrogen-bond acceptors (Lipinski definition) is 4. The topological polar surface area (TPSA) is 48.2 Å². The largest absolute Gasteiger partial charge is 0.496 e. The molecule has 1 aromatic carbocycles. The van der Waals surface area contributed by atoms with Gasteiger partial charge in [-0.05, 0) is 12.1 Å². The lowest BCUT2D eigenvalue weighted by Crippen LogP contribution is -1.90. The number of nitrogens with zero attached hydrogens (tertiary/aromatic N) is 2. The molecule has 1 aromatic heterocycles. The average molecular weight is 194 g/mol. The lowest BCUT2D eigenvalue weighted by Gasteiger charge is -2.03. The summed E-state index contributed by atoms with van der Waals surface area (Å²) in [5.74, 6) is 0.391. The molecule has 0 fully saturated rings. The first-order chi connectivity index (χ1) is 6.81. The number of halogens is 1. The number of methoxy groups -OCH3 is 1. The Morgan fingerprint density at radius 3 is 2.93 bits per heavy atom. The van der Waals surface area contributed by atoms with E-state index in [9.17, 15) is 4.39 Å². The fourth-order valence-corrected chi connectivity index (χ4v) is 1.14. The summed E-state index contributed by atoms with van der Waals surface area (Å²) < 4.78 is 22.4. The van der Waals surface area contributed by atoms with Crippen molar-refractivity contribution in [2.24, 2.45) is 0 Å². The van der Waals surface area contributed by atoms with Gasteiger partial charge in [-0.25, -0.2) is 4.39 Å². The minimum absolute atomic E-state index is 0.367. The minimum atomic E-state index is -0.367. The Hall–Kier alpha value is -1.91.